The minimum absolute atomic E-state index is 0.0254. The molecule has 0 aromatic heterocycles. The number of hydrogen-bond acceptors (Lipinski definition) is 4. The maximum Gasteiger partial charge on any atom is 0.305 e. The average Bonchev–Trinajstić information content (AvgIpc) is 2.85. The lowest BCUT2D eigenvalue weighted by Gasteiger charge is -2.26. The fourth-order valence-corrected chi connectivity index (χ4v) is 2.22. The zero-order chi connectivity index (χ0) is 15.3. The number of para-hydroxylation sites is 1. The summed E-state index contributed by atoms with van der Waals surface area (Å²) in [6.45, 7) is 0.148. The molecule has 0 radical (unpaired) electrons. The van der Waals surface area contributed by atoms with Crippen LogP contribution < -0.4 is 10.1 Å². The highest BCUT2D eigenvalue weighted by Crippen LogP contribution is 2.23. The lowest BCUT2D eigenvalue weighted by Crippen LogP contribution is -2.51. The van der Waals surface area contributed by atoms with Gasteiger partial charge in [0.15, 0.2) is 18.2 Å². The topological polar surface area (TPSA) is 84.9 Å². The van der Waals surface area contributed by atoms with Gasteiger partial charge in [0.25, 0.3) is 5.91 Å². The Labute approximate surface area is 120 Å². The Morgan fingerprint density at radius 1 is 1.43 bits per heavy atom. The molecule has 1 aliphatic rings. The normalized spacial score (nSPS) is 21.0. The second-order valence-electron chi connectivity index (χ2n) is 4.92. The third-order valence-corrected chi connectivity index (χ3v) is 3.19. The van der Waals surface area contributed by atoms with E-state index in [0.29, 0.717) is 13.0 Å². The third kappa shape index (κ3) is 4.16. The molecule has 1 aromatic rings. The smallest absolute Gasteiger partial charge is 0.305 e. The molecule has 1 aliphatic heterocycles. The fraction of sp³-hybridized carbons (Fsp3) is 0.429. The summed E-state index contributed by atoms with van der Waals surface area (Å²) in [5.74, 6) is -2.11. The fourth-order valence-electron chi connectivity index (χ4n) is 2.22. The van der Waals surface area contributed by atoms with Crippen LogP contribution in [-0.2, 0) is 14.3 Å². The molecule has 0 bridgehead atoms. The number of carboxylic acids is 1. The number of nitrogens with one attached hydrogen (secondary N) is 1. The number of benzene rings is 1. The Bertz CT molecular complexity index is 528. The minimum atomic E-state index is -1.02. The zero-order valence-electron chi connectivity index (χ0n) is 11.3. The summed E-state index contributed by atoms with van der Waals surface area (Å²) in [4.78, 5) is 22.7. The van der Waals surface area contributed by atoms with Gasteiger partial charge in [-0.15, -0.1) is 0 Å². The molecule has 1 atom stereocenters. The van der Waals surface area contributed by atoms with Crippen molar-refractivity contribution in [3.05, 3.63) is 30.1 Å². The van der Waals surface area contributed by atoms with E-state index >= 15 is 0 Å². The van der Waals surface area contributed by atoms with Crippen molar-refractivity contribution >= 4 is 11.9 Å². The molecule has 0 spiro atoms. The van der Waals surface area contributed by atoms with E-state index in [1.54, 1.807) is 6.07 Å². The van der Waals surface area contributed by atoms with Crippen molar-refractivity contribution in [3.63, 3.8) is 0 Å². The SMILES string of the molecule is O=C(O)CC1(NC(=O)COc2ccccc2F)CCOC1. The van der Waals surface area contributed by atoms with Crippen LogP contribution in [0.25, 0.3) is 0 Å². The predicted molar refractivity (Wildman–Crippen MR) is 70.5 cm³/mol. The van der Waals surface area contributed by atoms with Gasteiger partial charge in [-0.25, -0.2) is 4.39 Å². The van der Waals surface area contributed by atoms with Crippen molar-refractivity contribution in [2.24, 2.45) is 0 Å². The largest absolute Gasteiger partial charge is 0.481 e. The number of hydrogen-bond donors (Lipinski definition) is 2. The lowest BCUT2D eigenvalue weighted by atomic mass is 9.94. The summed E-state index contributed by atoms with van der Waals surface area (Å²) in [6, 6.07) is 5.74. The molecule has 21 heavy (non-hydrogen) atoms. The first-order valence-electron chi connectivity index (χ1n) is 6.49. The minimum Gasteiger partial charge on any atom is -0.481 e. The Kier molecular flexibility index (Phi) is 4.74. The highest BCUT2D eigenvalue weighted by molar-refractivity contribution is 5.79. The number of halogens is 1. The molecule has 1 fully saturated rings. The van der Waals surface area contributed by atoms with Crippen LogP contribution in [0, 0.1) is 5.82 Å². The van der Waals surface area contributed by atoms with E-state index in [2.05, 4.69) is 5.32 Å². The number of ether oxygens (including phenoxy) is 2. The zero-order valence-corrected chi connectivity index (χ0v) is 11.3. The monoisotopic (exact) mass is 297 g/mol. The summed E-state index contributed by atoms with van der Waals surface area (Å²) in [6.07, 6.45) is 0.198. The van der Waals surface area contributed by atoms with Crippen LogP contribution in [0.4, 0.5) is 4.39 Å². The highest BCUT2D eigenvalue weighted by atomic mass is 19.1. The average molecular weight is 297 g/mol. The Hall–Kier alpha value is -2.15. The van der Waals surface area contributed by atoms with Crippen LogP contribution in [0.1, 0.15) is 12.8 Å². The van der Waals surface area contributed by atoms with Gasteiger partial charge in [0.1, 0.15) is 0 Å². The first kappa shape index (κ1) is 15.2. The Morgan fingerprint density at radius 2 is 2.19 bits per heavy atom. The number of rotatable bonds is 6. The first-order chi connectivity index (χ1) is 10.0. The van der Waals surface area contributed by atoms with Crippen molar-refractivity contribution in [2.45, 2.75) is 18.4 Å². The van der Waals surface area contributed by atoms with E-state index in [4.69, 9.17) is 14.6 Å². The lowest BCUT2D eigenvalue weighted by molar-refractivity contribution is -0.139. The van der Waals surface area contributed by atoms with E-state index in [9.17, 15) is 14.0 Å². The second-order valence-corrected chi connectivity index (χ2v) is 4.92. The van der Waals surface area contributed by atoms with Crippen molar-refractivity contribution < 1.29 is 28.6 Å². The molecule has 114 valence electrons. The van der Waals surface area contributed by atoms with E-state index < -0.39 is 23.2 Å². The van der Waals surface area contributed by atoms with Crippen LogP contribution in [0.2, 0.25) is 0 Å². The van der Waals surface area contributed by atoms with Crippen molar-refractivity contribution in [1.82, 2.24) is 5.32 Å². The standard InChI is InChI=1S/C14H16FNO5/c15-10-3-1-2-4-11(10)21-8-12(17)16-14(7-13(18)19)5-6-20-9-14/h1-4H,5-9H2,(H,16,17)(H,18,19). The summed E-state index contributed by atoms with van der Waals surface area (Å²) < 4.78 is 23.6. The molecule has 2 rings (SSSR count). The first-order valence-corrected chi connectivity index (χ1v) is 6.49. The molecule has 1 aromatic carbocycles. The van der Waals surface area contributed by atoms with Gasteiger partial charge in [0.05, 0.1) is 18.6 Å². The number of carbonyl (C=O) groups is 2. The second kappa shape index (κ2) is 6.53. The quantitative estimate of drug-likeness (QED) is 0.817. The number of carbonyl (C=O) groups excluding carboxylic acids is 1. The summed E-state index contributed by atoms with van der Waals surface area (Å²) in [5, 5.41) is 11.5. The van der Waals surface area contributed by atoms with Gasteiger partial charge in [-0.05, 0) is 18.6 Å². The number of amides is 1. The molecule has 0 aliphatic carbocycles. The number of carboxylic acid groups (broad SMARTS) is 1. The number of aliphatic carboxylic acids is 1. The van der Waals surface area contributed by atoms with Gasteiger partial charge in [-0.1, -0.05) is 12.1 Å². The molecular weight excluding hydrogens is 281 g/mol. The molecule has 1 heterocycles. The molecule has 0 saturated carbocycles. The maximum absolute atomic E-state index is 13.3. The molecule has 7 heteroatoms. The molecular formula is C14H16FNO5. The van der Waals surface area contributed by atoms with Crippen molar-refractivity contribution in [2.75, 3.05) is 19.8 Å². The molecule has 1 amide bonds. The maximum atomic E-state index is 13.3. The van der Waals surface area contributed by atoms with E-state index in [1.165, 1.54) is 18.2 Å². The van der Waals surface area contributed by atoms with Crippen LogP contribution in [0.5, 0.6) is 5.75 Å². The van der Waals surface area contributed by atoms with Crippen molar-refractivity contribution in [1.29, 1.82) is 0 Å². The van der Waals surface area contributed by atoms with E-state index in [0.717, 1.165) is 0 Å². The highest BCUT2D eigenvalue weighted by Gasteiger charge is 2.38. The molecule has 6 nitrogen and oxygen atoms in total. The van der Waals surface area contributed by atoms with Crippen LogP contribution in [0.3, 0.4) is 0 Å². The molecule has 1 unspecified atom stereocenters. The van der Waals surface area contributed by atoms with Gasteiger partial charge in [-0.3, -0.25) is 9.59 Å². The van der Waals surface area contributed by atoms with Crippen molar-refractivity contribution in [3.8, 4) is 5.75 Å². The van der Waals surface area contributed by atoms with Crippen LogP contribution >= 0.6 is 0 Å². The molecule has 1 saturated heterocycles. The van der Waals surface area contributed by atoms with Gasteiger partial charge in [0, 0.05) is 6.61 Å². The Morgan fingerprint density at radius 3 is 2.81 bits per heavy atom. The van der Waals surface area contributed by atoms with Crippen LogP contribution in [0.15, 0.2) is 24.3 Å². The van der Waals surface area contributed by atoms with E-state index in [-0.39, 0.29) is 25.4 Å². The Balaban J connectivity index is 1.91. The third-order valence-electron chi connectivity index (χ3n) is 3.19. The summed E-state index contributed by atoms with van der Waals surface area (Å²) in [7, 11) is 0. The summed E-state index contributed by atoms with van der Waals surface area (Å²) in [5.41, 5.74) is -0.915. The van der Waals surface area contributed by atoms with E-state index in [1.807, 2.05) is 0 Å². The van der Waals surface area contributed by atoms with Gasteiger partial charge in [0.2, 0.25) is 0 Å². The van der Waals surface area contributed by atoms with Crippen LogP contribution in [-0.4, -0.2) is 42.3 Å². The predicted octanol–water partition coefficient (Wildman–Crippen LogP) is 0.954. The summed E-state index contributed by atoms with van der Waals surface area (Å²) >= 11 is 0. The molecule has 2 N–H and O–H groups in total. The van der Waals surface area contributed by atoms with Gasteiger partial charge < -0.3 is 19.9 Å². The van der Waals surface area contributed by atoms with Gasteiger partial charge in [-0.2, -0.15) is 0 Å². The van der Waals surface area contributed by atoms with Gasteiger partial charge >= 0.3 is 5.97 Å².